The van der Waals surface area contributed by atoms with Crippen molar-refractivity contribution in [3.8, 4) is 11.5 Å². The summed E-state index contributed by atoms with van der Waals surface area (Å²) < 4.78 is 5.51. The first-order valence-electron chi connectivity index (χ1n) is 8.81. The summed E-state index contributed by atoms with van der Waals surface area (Å²) in [5, 5.41) is 9.74. The summed E-state index contributed by atoms with van der Waals surface area (Å²) >= 11 is 0. The molecule has 0 atom stereocenters. The summed E-state index contributed by atoms with van der Waals surface area (Å²) in [5.74, 6) is 0.944. The Morgan fingerprint density at radius 1 is 1.17 bits per heavy atom. The van der Waals surface area contributed by atoms with Crippen molar-refractivity contribution < 1.29 is 14.6 Å². The molecular formula is C20H30O3. The molecule has 1 aromatic rings. The Balaban J connectivity index is 2.34. The normalized spacial score (nSPS) is 11.0. The number of unbranched alkanes of at least 4 members (excludes halogenated alkanes) is 3. The lowest BCUT2D eigenvalue weighted by atomic mass is 10.1. The maximum Gasteiger partial charge on any atom is 0.161 e. The number of phenolic OH excluding ortho intramolecular Hbond substituents is 1. The number of aromatic hydroxyl groups is 1. The van der Waals surface area contributed by atoms with E-state index < -0.39 is 0 Å². The van der Waals surface area contributed by atoms with Crippen molar-refractivity contribution in [2.24, 2.45) is 0 Å². The van der Waals surface area contributed by atoms with Crippen LogP contribution in [0.4, 0.5) is 0 Å². The van der Waals surface area contributed by atoms with Crippen molar-refractivity contribution in [1.29, 1.82) is 0 Å². The molecular weight excluding hydrogens is 288 g/mol. The van der Waals surface area contributed by atoms with Crippen LogP contribution in [0.15, 0.2) is 30.4 Å². The molecule has 0 radical (unpaired) electrons. The van der Waals surface area contributed by atoms with Gasteiger partial charge in [0.2, 0.25) is 0 Å². The second kappa shape index (κ2) is 11.8. The Bertz CT molecular complexity index is 492. The van der Waals surface area contributed by atoms with Gasteiger partial charge >= 0.3 is 0 Å². The van der Waals surface area contributed by atoms with Crippen LogP contribution in [0.3, 0.4) is 0 Å². The summed E-state index contributed by atoms with van der Waals surface area (Å²) in [6.07, 6.45) is 11.4. The summed E-state index contributed by atoms with van der Waals surface area (Å²) in [7, 11) is 0. The van der Waals surface area contributed by atoms with Crippen LogP contribution in [-0.2, 0) is 11.2 Å². The third-order valence-electron chi connectivity index (χ3n) is 3.67. The van der Waals surface area contributed by atoms with E-state index >= 15 is 0 Å². The molecule has 0 unspecified atom stereocenters. The molecule has 0 aliphatic heterocycles. The van der Waals surface area contributed by atoms with Crippen LogP contribution in [0.2, 0.25) is 0 Å². The number of rotatable bonds is 12. The molecule has 0 saturated heterocycles. The number of hydrogen-bond acceptors (Lipinski definition) is 3. The minimum Gasteiger partial charge on any atom is -0.504 e. The lowest BCUT2D eigenvalue weighted by Crippen LogP contribution is -1.96. The van der Waals surface area contributed by atoms with E-state index in [0.717, 1.165) is 37.7 Å². The van der Waals surface area contributed by atoms with Crippen LogP contribution < -0.4 is 4.74 Å². The molecule has 1 rings (SSSR count). The summed E-state index contributed by atoms with van der Waals surface area (Å²) in [5.41, 5.74) is 1.11. The topological polar surface area (TPSA) is 46.5 Å². The Labute approximate surface area is 140 Å². The van der Waals surface area contributed by atoms with E-state index in [2.05, 4.69) is 6.92 Å². The van der Waals surface area contributed by atoms with Crippen LogP contribution in [-0.4, -0.2) is 17.5 Å². The van der Waals surface area contributed by atoms with Gasteiger partial charge in [0, 0.05) is 6.42 Å². The highest BCUT2D eigenvalue weighted by Gasteiger charge is 2.03. The fourth-order valence-electron chi connectivity index (χ4n) is 2.32. The molecule has 23 heavy (non-hydrogen) atoms. The zero-order valence-corrected chi connectivity index (χ0v) is 14.5. The number of ether oxygens (including phenoxy) is 1. The van der Waals surface area contributed by atoms with Crippen molar-refractivity contribution in [2.45, 2.75) is 65.2 Å². The van der Waals surface area contributed by atoms with Gasteiger partial charge in [0.25, 0.3) is 0 Å². The maximum atomic E-state index is 11.7. The Hall–Kier alpha value is -1.77. The average molecular weight is 318 g/mol. The van der Waals surface area contributed by atoms with Crippen molar-refractivity contribution in [3.63, 3.8) is 0 Å². The van der Waals surface area contributed by atoms with E-state index in [1.165, 1.54) is 12.8 Å². The molecule has 0 fully saturated rings. The van der Waals surface area contributed by atoms with Gasteiger partial charge in [-0.25, -0.2) is 0 Å². The summed E-state index contributed by atoms with van der Waals surface area (Å²) in [6.45, 7) is 4.80. The lowest BCUT2D eigenvalue weighted by Gasteiger charge is -2.08. The number of ketones is 1. The fraction of sp³-hybridized carbons (Fsp3) is 0.550. The lowest BCUT2D eigenvalue weighted by molar-refractivity contribution is -0.114. The minimum atomic E-state index is 0.181. The first-order chi connectivity index (χ1) is 11.2. The van der Waals surface area contributed by atoms with E-state index in [1.807, 2.05) is 25.1 Å². The zero-order valence-electron chi connectivity index (χ0n) is 14.5. The van der Waals surface area contributed by atoms with E-state index in [0.29, 0.717) is 18.8 Å². The van der Waals surface area contributed by atoms with Gasteiger partial charge < -0.3 is 9.84 Å². The molecule has 1 aromatic carbocycles. The van der Waals surface area contributed by atoms with Gasteiger partial charge in [-0.05, 0) is 49.5 Å². The monoisotopic (exact) mass is 318 g/mol. The van der Waals surface area contributed by atoms with Gasteiger partial charge in [0.05, 0.1) is 6.61 Å². The van der Waals surface area contributed by atoms with Gasteiger partial charge in [0.1, 0.15) is 0 Å². The van der Waals surface area contributed by atoms with Crippen LogP contribution >= 0.6 is 0 Å². The Morgan fingerprint density at radius 3 is 2.74 bits per heavy atom. The zero-order chi connectivity index (χ0) is 16.9. The highest BCUT2D eigenvalue weighted by Crippen LogP contribution is 2.27. The fourth-order valence-corrected chi connectivity index (χ4v) is 2.32. The third kappa shape index (κ3) is 8.44. The molecule has 3 heteroatoms. The number of carbonyl (C=O) groups excluding carboxylic acids is 1. The molecule has 0 aromatic heterocycles. The van der Waals surface area contributed by atoms with Crippen LogP contribution in [0.5, 0.6) is 11.5 Å². The smallest absolute Gasteiger partial charge is 0.161 e. The molecule has 0 heterocycles. The standard InChI is InChI=1S/C20H30O3/c1-3-5-6-7-11-18(21)12-9-8-10-17-13-14-19(22)20(16-17)23-15-4-2/h9,12-14,16,22H,3-8,10-11,15H2,1-2H3. The molecule has 0 aliphatic rings. The number of phenols is 1. The number of hydrogen-bond donors (Lipinski definition) is 1. The predicted octanol–water partition coefficient (Wildman–Crippen LogP) is 5.21. The molecule has 0 bridgehead atoms. The molecule has 0 saturated carbocycles. The van der Waals surface area contributed by atoms with Crippen LogP contribution in [0, 0.1) is 0 Å². The molecule has 0 amide bonds. The number of aryl methyl sites for hydroxylation is 1. The molecule has 128 valence electrons. The number of benzene rings is 1. The summed E-state index contributed by atoms with van der Waals surface area (Å²) in [4.78, 5) is 11.7. The van der Waals surface area contributed by atoms with Gasteiger partial charge in [-0.3, -0.25) is 4.79 Å². The van der Waals surface area contributed by atoms with Crippen molar-refractivity contribution in [1.82, 2.24) is 0 Å². The maximum absolute atomic E-state index is 11.7. The van der Waals surface area contributed by atoms with E-state index in [1.54, 1.807) is 12.1 Å². The molecule has 0 spiro atoms. The Morgan fingerprint density at radius 2 is 2.00 bits per heavy atom. The SMILES string of the molecule is CCCCCCC(=O)C=CCCc1ccc(O)c(OCCC)c1. The summed E-state index contributed by atoms with van der Waals surface area (Å²) in [6, 6.07) is 5.45. The highest BCUT2D eigenvalue weighted by atomic mass is 16.5. The second-order valence-electron chi connectivity index (χ2n) is 5.87. The van der Waals surface area contributed by atoms with Gasteiger partial charge in [-0.15, -0.1) is 0 Å². The quantitative estimate of drug-likeness (QED) is 0.425. The van der Waals surface area contributed by atoms with Gasteiger partial charge in [-0.2, -0.15) is 0 Å². The Kier molecular flexibility index (Phi) is 9.85. The average Bonchev–Trinajstić information content (AvgIpc) is 2.55. The van der Waals surface area contributed by atoms with Gasteiger partial charge in [0.15, 0.2) is 17.3 Å². The molecule has 3 nitrogen and oxygen atoms in total. The highest BCUT2D eigenvalue weighted by molar-refractivity contribution is 5.89. The third-order valence-corrected chi connectivity index (χ3v) is 3.67. The van der Waals surface area contributed by atoms with Crippen molar-refractivity contribution in [3.05, 3.63) is 35.9 Å². The largest absolute Gasteiger partial charge is 0.504 e. The van der Waals surface area contributed by atoms with Gasteiger partial charge in [-0.1, -0.05) is 45.3 Å². The van der Waals surface area contributed by atoms with E-state index in [-0.39, 0.29) is 11.5 Å². The van der Waals surface area contributed by atoms with Crippen LogP contribution in [0.25, 0.3) is 0 Å². The van der Waals surface area contributed by atoms with Crippen LogP contribution in [0.1, 0.15) is 64.4 Å². The second-order valence-corrected chi connectivity index (χ2v) is 5.87. The first kappa shape index (κ1) is 19.3. The van der Waals surface area contributed by atoms with E-state index in [4.69, 9.17) is 4.74 Å². The van der Waals surface area contributed by atoms with Crippen molar-refractivity contribution >= 4 is 5.78 Å². The number of allylic oxidation sites excluding steroid dienone is 2. The van der Waals surface area contributed by atoms with E-state index in [9.17, 15) is 9.90 Å². The van der Waals surface area contributed by atoms with Crippen molar-refractivity contribution in [2.75, 3.05) is 6.61 Å². The molecule has 0 aliphatic carbocycles. The minimum absolute atomic E-state index is 0.181. The number of carbonyl (C=O) groups is 1. The first-order valence-corrected chi connectivity index (χ1v) is 8.81. The molecule has 1 N–H and O–H groups in total. The predicted molar refractivity (Wildman–Crippen MR) is 95.1 cm³/mol.